The molecule has 0 radical (unpaired) electrons. The average molecular weight is 262 g/mol. The lowest BCUT2D eigenvalue weighted by molar-refractivity contribution is -0.384. The number of nitro groups is 1. The zero-order valence-corrected chi connectivity index (χ0v) is 10.7. The van der Waals surface area contributed by atoms with Crippen LogP contribution < -0.4 is 5.32 Å². The van der Waals surface area contributed by atoms with Gasteiger partial charge in [0.2, 0.25) is 0 Å². The normalized spacial score (nSPS) is 12.3. The molecule has 1 heterocycles. The highest BCUT2D eigenvalue weighted by molar-refractivity contribution is 5.90. The van der Waals surface area contributed by atoms with Crippen LogP contribution in [0, 0.1) is 10.1 Å². The summed E-state index contributed by atoms with van der Waals surface area (Å²) in [5, 5.41) is 14.6. The van der Waals surface area contributed by atoms with Crippen molar-refractivity contribution in [2.24, 2.45) is 0 Å². The highest BCUT2D eigenvalue weighted by Gasteiger charge is 2.12. The fourth-order valence-electron chi connectivity index (χ4n) is 1.80. The molecule has 0 aliphatic rings. The maximum absolute atomic E-state index is 10.8. The van der Waals surface area contributed by atoms with Crippen molar-refractivity contribution in [2.75, 3.05) is 19.0 Å². The maximum atomic E-state index is 10.8. The fraction of sp³-hybridized carbons (Fsp3) is 0.333. The summed E-state index contributed by atoms with van der Waals surface area (Å²) in [6, 6.07) is 4.55. The molecule has 19 heavy (non-hydrogen) atoms. The third-order valence-corrected chi connectivity index (χ3v) is 2.63. The van der Waals surface area contributed by atoms with E-state index in [-0.39, 0.29) is 11.7 Å². The van der Waals surface area contributed by atoms with E-state index in [1.54, 1.807) is 13.2 Å². The topological polar surface area (TPSA) is 90.2 Å². The van der Waals surface area contributed by atoms with Crippen LogP contribution in [0.15, 0.2) is 24.5 Å². The number of rotatable bonds is 5. The molecular formula is C12H14N4O3. The lowest BCUT2D eigenvalue weighted by Gasteiger charge is -2.14. The Kier molecular flexibility index (Phi) is 3.86. The molecule has 0 saturated heterocycles. The third kappa shape index (κ3) is 2.94. The summed E-state index contributed by atoms with van der Waals surface area (Å²) in [6.07, 6.45) is 1.43. The van der Waals surface area contributed by atoms with Crippen LogP contribution in [0.3, 0.4) is 0 Å². The van der Waals surface area contributed by atoms with Crippen molar-refractivity contribution in [2.45, 2.75) is 13.0 Å². The molecule has 7 nitrogen and oxygen atoms in total. The van der Waals surface area contributed by atoms with Crippen LogP contribution >= 0.6 is 0 Å². The van der Waals surface area contributed by atoms with Crippen molar-refractivity contribution in [3.8, 4) is 0 Å². The summed E-state index contributed by atoms with van der Waals surface area (Å²) < 4.78 is 5.04. The average Bonchev–Trinajstić information content (AvgIpc) is 2.38. The minimum atomic E-state index is -0.436. The summed E-state index contributed by atoms with van der Waals surface area (Å²) in [7, 11) is 1.61. The van der Waals surface area contributed by atoms with Gasteiger partial charge in [0.25, 0.3) is 5.69 Å². The Morgan fingerprint density at radius 3 is 2.95 bits per heavy atom. The van der Waals surface area contributed by atoms with Crippen LogP contribution in [-0.2, 0) is 4.74 Å². The van der Waals surface area contributed by atoms with Gasteiger partial charge in [0.05, 0.1) is 17.0 Å². The molecule has 1 N–H and O–H groups in total. The van der Waals surface area contributed by atoms with Crippen molar-refractivity contribution in [1.29, 1.82) is 0 Å². The zero-order chi connectivity index (χ0) is 13.8. The van der Waals surface area contributed by atoms with E-state index in [1.807, 2.05) is 6.92 Å². The first kappa shape index (κ1) is 13.2. The number of methoxy groups -OCH3 is 1. The fourth-order valence-corrected chi connectivity index (χ4v) is 1.80. The number of nitro benzene ring substituents is 1. The van der Waals surface area contributed by atoms with Crippen LogP contribution in [0.4, 0.5) is 11.5 Å². The molecule has 0 aliphatic heterocycles. The lowest BCUT2D eigenvalue weighted by atomic mass is 10.2. The van der Waals surface area contributed by atoms with Gasteiger partial charge in [-0.3, -0.25) is 10.1 Å². The first-order valence-electron chi connectivity index (χ1n) is 5.76. The number of aromatic nitrogens is 2. The van der Waals surface area contributed by atoms with Crippen LogP contribution in [-0.4, -0.2) is 34.6 Å². The van der Waals surface area contributed by atoms with Crippen molar-refractivity contribution < 1.29 is 9.66 Å². The molecule has 0 fully saturated rings. The van der Waals surface area contributed by atoms with Gasteiger partial charge in [-0.1, -0.05) is 0 Å². The number of nitrogens with zero attached hydrogens (tertiary/aromatic N) is 3. The van der Waals surface area contributed by atoms with Gasteiger partial charge in [0.1, 0.15) is 12.1 Å². The predicted octanol–water partition coefficient (Wildman–Crippen LogP) is 1.98. The number of benzene rings is 1. The number of hydrogen-bond acceptors (Lipinski definition) is 6. The summed E-state index contributed by atoms with van der Waals surface area (Å²) in [5.41, 5.74) is 0.678. The molecular weight excluding hydrogens is 248 g/mol. The molecule has 0 saturated carbocycles. The van der Waals surface area contributed by atoms with Gasteiger partial charge < -0.3 is 10.1 Å². The standard InChI is InChI=1S/C12H14N4O3/c1-8(6-19-2)15-12-10-5-9(16(17)18)3-4-11(10)13-7-14-12/h3-5,7-8H,6H2,1-2H3,(H,13,14,15). The van der Waals surface area contributed by atoms with Gasteiger partial charge in [0.15, 0.2) is 0 Å². The Morgan fingerprint density at radius 1 is 1.47 bits per heavy atom. The van der Waals surface area contributed by atoms with Gasteiger partial charge in [-0.25, -0.2) is 9.97 Å². The molecule has 2 rings (SSSR count). The second-order valence-corrected chi connectivity index (χ2v) is 4.18. The summed E-state index contributed by atoms with van der Waals surface area (Å²) in [5.74, 6) is 0.568. The SMILES string of the molecule is COCC(C)Nc1ncnc2ccc([N+](=O)[O-])cc12. The van der Waals surface area contributed by atoms with E-state index < -0.39 is 4.92 Å². The number of fused-ring (bicyclic) bond motifs is 1. The molecule has 100 valence electrons. The molecule has 0 spiro atoms. The largest absolute Gasteiger partial charge is 0.383 e. The van der Waals surface area contributed by atoms with E-state index in [2.05, 4.69) is 15.3 Å². The van der Waals surface area contributed by atoms with Crippen LogP contribution in [0.5, 0.6) is 0 Å². The molecule has 0 bridgehead atoms. The lowest BCUT2D eigenvalue weighted by Crippen LogP contribution is -2.21. The van der Waals surface area contributed by atoms with Crippen LogP contribution in [0.1, 0.15) is 6.92 Å². The maximum Gasteiger partial charge on any atom is 0.270 e. The summed E-state index contributed by atoms with van der Waals surface area (Å²) >= 11 is 0. The number of anilines is 1. The Labute approximate surface area is 109 Å². The third-order valence-electron chi connectivity index (χ3n) is 2.63. The first-order valence-corrected chi connectivity index (χ1v) is 5.76. The number of ether oxygens (including phenoxy) is 1. The van der Waals surface area contributed by atoms with Gasteiger partial charge >= 0.3 is 0 Å². The van der Waals surface area contributed by atoms with Gasteiger partial charge in [-0.15, -0.1) is 0 Å². The van der Waals surface area contributed by atoms with E-state index in [0.29, 0.717) is 23.3 Å². The molecule has 0 aliphatic carbocycles. The molecule has 1 aromatic carbocycles. The molecule has 0 amide bonds. The minimum absolute atomic E-state index is 0.0183. The first-order chi connectivity index (χ1) is 9.11. The van der Waals surface area contributed by atoms with Crippen molar-refractivity contribution >= 4 is 22.4 Å². The minimum Gasteiger partial charge on any atom is -0.383 e. The van der Waals surface area contributed by atoms with E-state index in [0.717, 1.165) is 0 Å². The highest BCUT2D eigenvalue weighted by Crippen LogP contribution is 2.24. The van der Waals surface area contributed by atoms with E-state index in [1.165, 1.54) is 18.5 Å². The predicted molar refractivity (Wildman–Crippen MR) is 71.2 cm³/mol. The van der Waals surface area contributed by atoms with Crippen molar-refractivity contribution in [3.05, 3.63) is 34.6 Å². The highest BCUT2D eigenvalue weighted by atomic mass is 16.6. The second kappa shape index (κ2) is 5.57. The molecule has 1 aromatic heterocycles. The number of non-ortho nitro benzene ring substituents is 1. The van der Waals surface area contributed by atoms with Crippen molar-refractivity contribution in [3.63, 3.8) is 0 Å². The van der Waals surface area contributed by atoms with Crippen LogP contribution in [0.2, 0.25) is 0 Å². The monoisotopic (exact) mass is 262 g/mol. The molecule has 7 heteroatoms. The van der Waals surface area contributed by atoms with E-state index >= 15 is 0 Å². The molecule has 1 unspecified atom stereocenters. The van der Waals surface area contributed by atoms with Crippen molar-refractivity contribution in [1.82, 2.24) is 9.97 Å². The Bertz CT molecular complexity index is 603. The quantitative estimate of drug-likeness (QED) is 0.654. The number of hydrogen-bond donors (Lipinski definition) is 1. The number of nitrogens with one attached hydrogen (secondary N) is 1. The Hall–Kier alpha value is -2.28. The van der Waals surface area contributed by atoms with Gasteiger partial charge in [0, 0.05) is 30.7 Å². The Balaban J connectivity index is 2.42. The Morgan fingerprint density at radius 2 is 2.26 bits per heavy atom. The summed E-state index contributed by atoms with van der Waals surface area (Å²) in [6.45, 7) is 2.45. The zero-order valence-electron chi connectivity index (χ0n) is 10.7. The molecule has 1 atom stereocenters. The van der Waals surface area contributed by atoms with Gasteiger partial charge in [-0.05, 0) is 13.0 Å². The van der Waals surface area contributed by atoms with Crippen LogP contribution in [0.25, 0.3) is 10.9 Å². The second-order valence-electron chi connectivity index (χ2n) is 4.18. The van der Waals surface area contributed by atoms with E-state index in [9.17, 15) is 10.1 Å². The molecule has 2 aromatic rings. The summed E-state index contributed by atoms with van der Waals surface area (Å²) in [4.78, 5) is 18.6. The smallest absolute Gasteiger partial charge is 0.270 e. The van der Waals surface area contributed by atoms with Gasteiger partial charge in [-0.2, -0.15) is 0 Å². The van der Waals surface area contributed by atoms with E-state index in [4.69, 9.17) is 4.74 Å².